The van der Waals surface area contributed by atoms with Crippen LogP contribution in [-0.2, 0) is 4.79 Å². The Labute approximate surface area is 166 Å². The number of carbonyl (C=O) groups excluding carboxylic acids is 1. The maximum Gasteiger partial charge on any atom is 0.126 e. The van der Waals surface area contributed by atoms with Crippen LogP contribution in [0.3, 0.4) is 0 Å². The molecule has 0 atom stereocenters. The Bertz CT molecular complexity index is 944. The topological polar surface area (TPSA) is 54.9 Å². The van der Waals surface area contributed by atoms with Crippen molar-refractivity contribution >= 4 is 50.9 Å². The lowest BCUT2D eigenvalue weighted by Crippen LogP contribution is -2.04. The van der Waals surface area contributed by atoms with Crippen molar-refractivity contribution in [2.75, 3.05) is 11.9 Å². The van der Waals surface area contributed by atoms with Crippen LogP contribution in [0.2, 0.25) is 5.02 Å². The van der Waals surface area contributed by atoms with Gasteiger partial charge in [0.2, 0.25) is 0 Å². The van der Waals surface area contributed by atoms with Crippen molar-refractivity contribution in [1.82, 2.24) is 9.97 Å². The SMILES string of the molecule is C=O.Cc1ccncc1-c1cc2cc(NCC3CC3)ncc2c(Cl)c1Br. The number of aromatic nitrogens is 2. The van der Waals surface area contributed by atoms with Crippen LogP contribution in [0.1, 0.15) is 18.4 Å². The molecule has 1 saturated carbocycles. The lowest BCUT2D eigenvalue weighted by Gasteiger charge is -2.13. The summed E-state index contributed by atoms with van der Waals surface area (Å²) in [5.74, 6) is 1.71. The Balaban J connectivity index is 0.000000948. The van der Waals surface area contributed by atoms with E-state index in [1.54, 1.807) is 6.20 Å². The van der Waals surface area contributed by atoms with E-state index in [1.807, 2.05) is 25.2 Å². The van der Waals surface area contributed by atoms with Crippen molar-refractivity contribution in [3.05, 3.63) is 51.8 Å². The van der Waals surface area contributed by atoms with Gasteiger partial charge in [0.25, 0.3) is 0 Å². The van der Waals surface area contributed by atoms with Crippen LogP contribution in [0.4, 0.5) is 5.82 Å². The number of fused-ring (bicyclic) bond motifs is 1. The van der Waals surface area contributed by atoms with Crippen LogP contribution in [-0.4, -0.2) is 23.3 Å². The summed E-state index contributed by atoms with van der Waals surface area (Å²) in [5, 5.41) is 6.14. The molecule has 0 bridgehead atoms. The molecule has 0 aliphatic heterocycles. The van der Waals surface area contributed by atoms with E-state index in [-0.39, 0.29) is 0 Å². The Kier molecular flexibility index (Phi) is 5.89. The second kappa shape index (κ2) is 8.14. The minimum absolute atomic E-state index is 0.687. The molecule has 0 amide bonds. The number of pyridine rings is 2. The Morgan fingerprint density at radius 1 is 1.27 bits per heavy atom. The van der Waals surface area contributed by atoms with E-state index in [9.17, 15) is 0 Å². The van der Waals surface area contributed by atoms with E-state index >= 15 is 0 Å². The van der Waals surface area contributed by atoms with Gasteiger partial charge in [0, 0.05) is 40.6 Å². The molecule has 2 aromatic heterocycles. The minimum atomic E-state index is 0.687. The first-order valence-corrected chi connectivity index (χ1v) is 9.52. The first-order chi connectivity index (χ1) is 12.6. The zero-order chi connectivity index (χ0) is 18.7. The molecule has 4 rings (SSSR count). The van der Waals surface area contributed by atoms with E-state index in [4.69, 9.17) is 16.4 Å². The van der Waals surface area contributed by atoms with Crippen LogP contribution < -0.4 is 5.32 Å². The number of hydrogen-bond donors (Lipinski definition) is 1. The maximum atomic E-state index is 8.00. The molecule has 2 heterocycles. The van der Waals surface area contributed by atoms with E-state index < -0.39 is 0 Å². The highest BCUT2D eigenvalue weighted by Crippen LogP contribution is 2.40. The second-order valence-electron chi connectivity index (χ2n) is 6.36. The normalized spacial score (nSPS) is 13.2. The molecule has 4 nitrogen and oxygen atoms in total. The number of aryl methyl sites for hydroxylation is 1. The fraction of sp³-hybridized carbons (Fsp3) is 0.250. The van der Waals surface area contributed by atoms with Gasteiger partial charge in [0.05, 0.1) is 5.02 Å². The van der Waals surface area contributed by atoms with E-state index in [0.717, 1.165) is 44.7 Å². The Morgan fingerprint density at radius 3 is 2.73 bits per heavy atom. The summed E-state index contributed by atoms with van der Waals surface area (Å²) in [6.45, 7) is 5.08. The van der Waals surface area contributed by atoms with Gasteiger partial charge in [0.1, 0.15) is 12.6 Å². The number of benzene rings is 1. The molecule has 3 aromatic rings. The number of nitrogens with zero attached hydrogens (tertiary/aromatic N) is 2. The number of carbonyl (C=O) groups is 1. The third-order valence-electron chi connectivity index (χ3n) is 4.50. The summed E-state index contributed by atoms with van der Waals surface area (Å²) < 4.78 is 0.883. The summed E-state index contributed by atoms with van der Waals surface area (Å²) in [6, 6.07) is 6.24. The zero-order valence-corrected chi connectivity index (χ0v) is 16.8. The third kappa shape index (κ3) is 3.89. The van der Waals surface area contributed by atoms with Crippen LogP contribution in [0.5, 0.6) is 0 Å². The average molecular weight is 433 g/mol. The first kappa shape index (κ1) is 18.8. The van der Waals surface area contributed by atoms with Crippen LogP contribution in [0.25, 0.3) is 21.9 Å². The number of halogens is 2. The molecular weight excluding hydrogens is 414 g/mol. The fourth-order valence-electron chi connectivity index (χ4n) is 2.84. The number of nitrogens with one attached hydrogen (secondary N) is 1. The molecule has 0 spiro atoms. The molecule has 6 heteroatoms. The summed E-state index contributed by atoms with van der Waals surface area (Å²) in [6.07, 6.45) is 8.18. The highest BCUT2D eigenvalue weighted by molar-refractivity contribution is 9.10. The summed E-state index contributed by atoms with van der Waals surface area (Å²) >= 11 is 10.2. The fourth-order valence-corrected chi connectivity index (χ4v) is 3.64. The van der Waals surface area contributed by atoms with Gasteiger partial charge in [0.15, 0.2) is 0 Å². The standard InChI is InChI=1S/C19H17BrClN3.CH2O/c1-11-4-5-22-9-15(11)14-6-13-7-17(23-8-12-2-3-12)24-10-16(13)19(21)18(14)20;1-2/h4-7,9-10,12H,2-3,8H2,1H3,(H,23,24);1H2. The zero-order valence-electron chi connectivity index (χ0n) is 14.4. The second-order valence-corrected chi connectivity index (χ2v) is 7.53. The molecule has 134 valence electrons. The lowest BCUT2D eigenvalue weighted by atomic mass is 10.00. The van der Waals surface area contributed by atoms with Crippen LogP contribution in [0, 0.1) is 12.8 Å². The van der Waals surface area contributed by atoms with Crippen molar-refractivity contribution < 1.29 is 4.79 Å². The van der Waals surface area contributed by atoms with Gasteiger partial charge < -0.3 is 10.1 Å². The summed E-state index contributed by atoms with van der Waals surface area (Å²) in [5.41, 5.74) is 3.30. The molecule has 1 fully saturated rings. The molecule has 0 unspecified atom stereocenters. The molecule has 1 N–H and O–H groups in total. The predicted octanol–water partition coefficient (Wildman–Crippen LogP) is 5.66. The monoisotopic (exact) mass is 431 g/mol. The maximum absolute atomic E-state index is 8.00. The van der Waals surface area contributed by atoms with E-state index in [2.05, 4.69) is 50.3 Å². The largest absolute Gasteiger partial charge is 0.370 e. The van der Waals surface area contributed by atoms with Gasteiger partial charge in [-0.25, -0.2) is 4.98 Å². The minimum Gasteiger partial charge on any atom is -0.370 e. The molecule has 1 aliphatic carbocycles. The Hall–Kier alpha value is -1.98. The summed E-state index contributed by atoms with van der Waals surface area (Å²) in [4.78, 5) is 16.8. The lowest BCUT2D eigenvalue weighted by molar-refractivity contribution is -0.0979. The highest BCUT2D eigenvalue weighted by Gasteiger charge is 2.21. The van der Waals surface area contributed by atoms with Gasteiger partial charge >= 0.3 is 0 Å². The van der Waals surface area contributed by atoms with E-state index in [1.165, 1.54) is 18.4 Å². The molecule has 1 aliphatic rings. The molecule has 0 saturated heterocycles. The highest BCUT2D eigenvalue weighted by atomic mass is 79.9. The average Bonchev–Trinajstić information content (AvgIpc) is 3.50. The van der Waals surface area contributed by atoms with Crippen molar-refractivity contribution in [1.29, 1.82) is 0 Å². The quantitative estimate of drug-likeness (QED) is 0.578. The molecule has 26 heavy (non-hydrogen) atoms. The Morgan fingerprint density at radius 2 is 2.04 bits per heavy atom. The van der Waals surface area contributed by atoms with Crippen LogP contribution in [0.15, 0.2) is 41.3 Å². The van der Waals surface area contributed by atoms with Gasteiger partial charge in [-0.2, -0.15) is 0 Å². The molecule has 0 radical (unpaired) electrons. The number of anilines is 1. The number of rotatable bonds is 4. The van der Waals surface area contributed by atoms with Crippen molar-refractivity contribution in [3.8, 4) is 11.1 Å². The smallest absolute Gasteiger partial charge is 0.126 e. The predicted molar refractivity (Wildman–Crippen MR) is 111 cm³/mol. The number of hydrogen-bond acceptors (Lipinski definition) is 4. The van der Waals surface area contributed by atoms with Crippen molar-refractivity contribution in [3.63, 3.8) is 0 Å². The van der Waals surface area contributed by atoms with E-state index in [0.29, 0.717) is 5.02 Å². The van der Waals surface area contributed by atoms with Crippen LogP contribution >= 0.6 is 27.5 Å². The third-order valence-corrected chi connectivity index (χ3v) is 5.94. The van der Waals surface area contributed by atoms with Crippen molar-refractivity contribution in [2.45, 2.75) is 19.8 Å². The summed E-state index contributed by atoms with van der Waals surface area (Å²) in [7, 11) is 0. The van der Waals surface area contributed by atoms with Gasteiger partial charge in [-0.1, -0.05) is 11.6 Å². The van der Waals surface area contributed by atoms with Crippen molar-refractivity contribution in [2.24, 2.45) is 5.92 Å². The molecule has 1 aromatic carbocycles. The van der Waals surface area contributed by atoms with Gasteiger partial charge in [-0.15, -0.1) is 0 Å². The first-order valence-electron chi connectivity index (χ1n) is 8.35. The van der Waals surface area contributed by atoms with Gasteiger partial charge in [-0.05, 0) is 76.3 Å². The molecular formula is C20H19BrClN3O. The van der Waals surface area contributed by atoms with Gasteiger partial charge in [-0.3, -0.25) is 4.98 Å².